The minimum absolute atomic E-state index is 0.670. The van der Waals surface area contributed by atoms with E-state index in [1.54, 1.807) is 0 Å². The second-order valence-electron chi connectivity index (χ2n) is 5.18. The molecule has 1 fully saturated rings. The van der Waals surface area contributed by atoms with Gasteiger partial charge in [0.25, 0.3) is 0 Å². The molecule has 0 bridgehead atoms. The molecule has 1 aromatic heterocycles. The monoisotopic (exact) mass is 237 g/mol. The van der Waals surface area contributed by atoms with Crippen molar-refractivity contribution in [3.05, 3.63) is 18.0 Å². The number of aliphatic hydroxyl groups is 1. The molecule has 1 aliphatic rings. The van der Waals surface area contributed by atoms with Gasteiger partial charge in [-0.3, -0.25) is 4.68 Å². The zero-order valence-electron chi connectivity index (χ0n) is 10.9. The largest absolute Gasteiger partial charge is 0.385 e. The first kappa shape index (κ1) is 12.6. The third kappa shape index (κ3) is 2.87. The minimum Gasteiger partial charge on any atom is -0.385 e. The molecule has 1 saturated heterocycles. The fourth-order valence-corrected chi connectivity index (χ4v) is 2.50. The van der Waals surface area contributed by atoms with Gasteiger partial charge in [0.1, 0.15) is 0 Å². The fraction of sp³-hybridized carbons (Fsp3) is 0.769. The molecule has 1 aromatic rings. The molecule has 1 N–H and O–H groups in total. The van der Waals surface area contributed by atoms with Crippen molar-refractivity contribution in [1.82, 2.24) is 14.7 Å². The normalized spacial score (nSPS) is 27.0. The summed E-state index contributed by atoms with van der Waals surface area (Å²) in [7, 11) is 2.12. The van der Waals surface area contributed by atoms with Crippen molar-refractivity contribution < 1.29 is 5.11 Å². The summed E-state index contributed by atoms with van der Waals surface area (Å²) in [5.41, 5.74) is 0.317. The Bertz CT molecular complexity index is 363. The van der Waals surface area contributed by atoms with Crippen LogP contribution >= 0.6 is 0 Å². The van der Waals surface area contributed by atoms with Crippen LogP contribution in [-0.2, 0) is 12.1 Å². The van der Waals surface area contributed by atoms with Gasteiger partial charge in [-0.05, 0) is 39.3 Å². The molecule has 96 valence electrons. The lowest BCUT2D eigenvalue weighted by Gasteiger charge is -2.25. The standard InChI is InChI=1S/C13H23N3O/c1-3-7-16-11-12(10-14-16)13(17)5-4-8-15(2)9-6-13/h10-11,17H,3-9H2,1-2H3. The van der Waals surface area contributed by atoms with Crippen LogP contribution in [0.5, 0.6) is 0 Å². The first-order valence-electron chi connectivity index (χ1n) is 6.58. The first-order chi connectivity index (χ1) is 8.14. The molecule has 2 heterocycles. The predicted molar refractivity (Wildman–Crippen MR) is 67.8 cm³/mol. The van der Waals surface area contributed by atoms with Crippen LogP contribution in [0.25, 0.3) is 0 Å². The lowest BCUT2D eigenvalue weighted by atomic mass is 9.89. The number of aromatic nitrogens is 2. The van der Waals surface area contributed by atoms with Crippen LogP contribution in [0.15, 0.2) is 12.4 Å². The lowest BCUT2D eigenvalue weighted by Crippen LogP contribution is -2.27. The van der Waals surface area contributed by atoms with Gasteiger partial charge < -0.3 is 10.0 Å². The van der Waals surface area contributed by atoms with E-state index in [1.807, 2.05) is 17.1 Å². The van der Waals surface area contributed by atoms with Crippen molar-refractivity contribution in [2.45, 2.75) is 44.8 Å². The number of hydrogen-bond donors (Lipinski definition) is 1. The Hall–Kier alpha value is -0.870. The molecular formula is C13H23N3O. The van der Waals surface area contributed by atoms with E-state index in [2.05, 4.69) is 24.0 Å². The van der Waals surface area contributed by atoms with Crippen LogP contribution in [0.2, 0.25) is 0 Å². The maximum absolute atomic E-state index is 10.7. The molecule has 4 nitrogen and oxygen atoms in total. The van der Waals surface area contributed by atoms with Crippen LogP contribution in [0.3, 0.4) is 0 Å². The molecular weight excluding hydrogens is 214 g/mol. The molecule has 1 aliphatic heterocycles. The molecule has 1 atom stereocenters. The maximum atomic E-state index is 10.7. The van der Waals surface area contributed by atoms with E-state index in [0.717, 1.165) is 50.9 Å². The van der Waals surface area contributed by atoms with Crippen LogP contribution in [0.1, 0.15) is 38.2 Å². The van der Waals surface area contributed by atoms with Crippen molar-refractivity contribution in [2.24, 2.45) is 0 Å². The molecule has 0 spiro atoms. The molecule has 4 heteroatoms. The zero-order chi connectivity index (χ0) is 12.3. The SMILES string of the molecule is CCCn1cc(C2(O)CCCN(C)CC2)cn1. The highest BCUT2D eigenvalue weighted by atomic mass is 16.3. The van der Waals surface area contributed by atoms with Crippen LogP contribution < -0.4 is 0 Å². The van der Waals surface area contributed by atoms with Crippen molar-refractivity contribution >= 4 is 0 Å². The van der Waals surface area contributed by atoms with Crippen LogP contribution in [-0.4, -0.2) is 39.9 Å². The summed E-state index contributed by atoms with van der Waals surface area (Å²) in [4.78, 5) is 2.29. The number of rotatable bonds is 3. The Balaban J connectivity index is 2.12. The Morgan fingerprint density at radius 1 is 1.41 bits per heavy atom. The summed E-state index contributed by atoms with van der Waals surface area (Å²) in [6.07, 6.45) is 7.61. The Morgan fingerprint density at radius 2 is 2.24 bits per heavy atom. The summed E-state index contributed by atoms with van der Waals surface area (Å²) in [5.74, 6) is 0. The topological polar surface area (TPSA) is 41.3 Å². The van der Waals surface area contributed by atoms with E-state index in [4.69, 9.17) is 0 Å². The second-order valence-corrected chi connectivity index (χ2v) is 5.18. The average Bonchev–Trinajstić information content (AvgIpc) is 2.69. The van der Waals surface area contributed by atoms with Gasteiger partial charge in [-0.25, -0.2) is 0 Å². The van der Waals surface area contributed by atoms with Gasteiger partial charge >= 0.3 is 0 Å². The fourth-order valence-electron chi connectivity index (χ4n) is 2.50. The van der Waals surface area contributed by atoms with E-state index < -0.39 is 5.60 Å². The van der Waals surface area contributed by atoms with Crippen LogP contribution in [0, 0.1) is 0 Å². The highest BCUT2D eigenvalue weighted by Crippen LogP contribution is 2.32. The first-order valence-corrected chi connectivity index (χ1v) is 6.58. The summed E-state index contributed by atoms with van der Waals surface area (Å²) in [6.45, 7) is 5.09. The molecule has 1 unspecified atom stereocenters. The average molecular weight is 237 g/mol. The summed E-state index contributed by atoms with van der Waals surface area (Å²) in [6, 6.07) is 0. The predicted octanol–water partition coefficient (Wildman–Crippen LogP) is 1.60. The molecule has 0 amide bonds. The van der Waals surface area contributed by atoms with Gasteiger partial charge in [0.15, 0.2) is 0 Å². The number of likely N-dealkylation sites (tertiary alicyclic amines) is 1. The van der Waals surface area contributed by atoms with Gasteiger partial charge in [0.05, 0.1) is 11.8 Å². The van der Waals surface area contributed by atoms with Crippen molar-refractivity contribution in [3.8, 4) is 0 Å². The van der Waals surface area contributed by atoms with Crippen molar-refractivity contribution in [3.63, 3.8) is 0 Å². The minimum atomic E-state index is -0.670. The highest BCUT2D eigenvalue weighted by Gasteiger charge is 2.32. The van der Waals surface area contributed by atoms with E-state index in [9.17, 15) is 5.11 Å². The number of nitrogens with zero attached hydrogens (tertiary/aromatic N) is 3. The Morgan fingerprint density at radius 3 is 3.00 bits per heavy atom. The van der Waals surface area contributed by atoms with Gasteiger partial charge in [-0.2, -0.15) is 5.10 Å². The third-order valence-corrected chi connectivity index (χ3v) is 3.66. The molecule has 2 rings (SSSR count). The highest BCUT2D eigenvalue weighted by molar-refractivity contribution is 5.15. The smallest absolute Gasteiger partial charge is 0.0939 e. The number of aryl methyl sites for hydroxylation is 1. The molecule has 0 aliphatic carbocycles. The van der Waals surface area contributed by atoms with E-state index in [-0.39, 0.29) is 0 Å². The Labute approximate surface area is 103 Å². The molecule has 17 heavy (non-hydrogen) atoms. The summed E-state index contributed by atoms with van der Waals surface area (Å²) in [5, 5.41) is 15.1. The molecule has 0 radical (unpaired) electrons. The van der Waals surface area contributed by atoms with Crippen molar-refractivity contribution in [1.29, 1.82) is 0 Å². The lowest BCUT2D eigenvalue weighted by molar-refractivity contribution is 0.0217. The number of hydrogen-bond acceptors (Lipinski definition) is 3. The van der Waals surface area contributed by atoms with E-state index in [1.165, 1.54) is 0 Å². The molecule has 0 saturated carbocycles. The van der Waals surface area contributed by atoms with E-state index in [0.29, 0.717) is 0 Å². The zero-order valence-corrected chi connectivity index (χ0v) is 10.9. The van der Waals surface area contributed by atoms with Gasteiger partial charge in [-0.1, -0.05) is 6.92 Å². The quantitative estimate of drug-likeness (QED) is 0.868. The third-order valence-electron chi connectivity index (χ3n) is 3.66. The van der Waals surface area contributed by atoms with Crippen molar-refractivity contribution in [2.75, 3.05) is 20.1 Å². The van der Waals surface area contributed by atoms with E-state index >= 15 is 0 Å². The van der Waals surface area contributed by atoms with Gasteiger partial charge in [-0.15, -0.1) is 0 Å². The second kappa shape index (κ2) is 5.19. The van der Waals surface area contributed by atoms with Gasteiger partial charge in [0, 0.05) is 24.8 Å². The van der Waals surface area contributed by atoms with Gasteiger partial charge in [0.2, 0.25) is 0 Å². The summed E-state index contributed by atoms with van der Waals surface area (Å²) >= 11 is 0. The van der Waals surface area contributed by atoms with Crippen LogP contribution in [0.4, 0.5) is 0 Å². The maximum Gasteiger partial charge on any atom is 0.0939 e. The summed E-state index contributed by atoms with van der Waals surface area (Å²) < 4.78 is 1.93. The Kier molecular flexibility index (Phi) is 3.84. The molecule has 0 aromatic carbocycles.